The van der Waals surface area contributed by atoms with Gasteiger partial charge >= 0.3 is 5.97 Å². The molecule has 0 bridgehead atoms. The highest BCUT2D eigenvalue weighted by Crippen LogP contribution is 2.49. The largest absolute Gasteiger partial charge is 0.482 e. The molecule has 1 unspecified atom stereocenters. The van der Waals surface area contributed by atoms with Crippen molar-refractivity contribution < 1.29 is 27.4 Å². The van der Waals surface area contributed by atoms with Crippen molar-refractivity contribution in [3.8, 4) is 16.9 Å². The fourth-order valence-electron chi connectivity index (χ4n) is 4.98. The molecule has 0 aliphatic carbocycles. The van der Waals surface area contributed by atoms with Gasteiger partial charge in [0.1, 0.15) is 11.6 Å². The zero-order valence-electron chi connectivity index (χ0n) is 21.0. The van der Waals surface area contributed by atoms with Crippen LogP contribution in [0.2, 0.25) is 0 Å². The minimum Gasteiger partial charge on any atom is -0.482 e. The van der Waals surface area contributed by atoms with E-state index in [0.717, 1.165) is 27.8 Å². The van der Waals surface area contributed by atoms with Crippen LogP contribution in [0, 0.1) is 32.5 Å². The number of aliphatic carboxylic acids is 1. The number of halogens is 1. The summed E-state index contributed by atoms with van der Waals surface area (Å²) in [6.07, 6.45) is 0. The van der Waals surface area contributed by atoms with Gasteiger partial charge in [-0.05, 0) is 96.5 Å². The summed E-state index contributed by atoms with van der Waals surface area (Å²) in [5.74, 6) is -0.895. The molecule has 1 aliphatic rings. The van der Waals surface area contributed by atoms with E-state index >= 15 is 0 Å². The van der Waals surface area contributed by atoms with E-state index in [1.54, 1.807) is 19.1 Å². The summed E-state index contributed by atoms with van der Waals surface area (Å²) in [6, 6.07) is 12.8. The number of fused-ring (bicyclic) bond motifs is 1. The monoisotopic (exact) mass is 511 g/mol. The molecule has 36 heavy (non-hydrogen) atoms. The molecule has 3 aromatic rings. The van der Waals surface area contributed by atoms with Gasteiger partial charge < -0.3 is 9.84 Å². The number of nitrogens with zero attached hydrogens (tertiary/aromatic N) is 1. The zero-order chi connectivity index (χ0) is 26.4. The van der Waals surface area contributed by atoms with Crippen molar-refractivity contribution in [2.24, 2.45) is 5.92 Å². The highest BCUT2D eigenvalue weighted by molar-refractivity contribution is 7.92. The van der Waals surface area contributed by atoms with E-state index < -0.39 is 22.6 Å². The fraction of sp³-hybridized carbons (Fsp3) is 0.321. The van der Waals surface area contributed by atoms with Gasteiger partial charge in [0.15, 0.2) is 6.61 Å². The molecule has 0 aromatic heterocycles. The molecule has 190 valence electrons. The third-order valence-electron chi connectivity index (χ3n) is 6.83. The summed E-state index contributed by atoms with van der Waals surface area (Å²) in [4.78, 5) is 11.0. The van der Waals surface area contributed by atoms with Crippen LogP contribution in [-0.4, -0.2) is 32.6 Å². The smallest absolute Gasteiger partial charge is 0.341 e. The normalized spacial score (nSPS) is 15.3. The Kier molecular flexibility index (Phi) is 6.84. The maximum atomic E-state index is 13.9. The van der Waals surface area contributed by atoms with Crippen molar-refractivity contribution in [2.45, 2.75) is 45.4 Å². The van der Waals surface area contributed by atoms with Gasteiger partial charge in [-0.1, -0.05) is 26.0 Å². The lowest BCUT2D eigenvalue weighted by Gasteiger charge is -2.23. The first-order valence-corrected chi connectivity index (χ1v) is 13.2. The molecule has 0 saturated carbocycles. The van der Waals surface area contributed by atoms with Crippen LogP contribution in [0.5, 0.6) is 5.75 Å². The van der Waals surface area contributed by atoms with E-state index in [-0.39, 0.29) is 22.5 Å². The molecule has 6 nitrogen and oxygen atoms in total. The predicted molar refractivity (Wildman–Crippen MR) is 138 cm³/mol. The highest BCUT2D eigenvalue weighted by Gasteiger charge is 2.40. The van der Waals surface area contributed by atoms with Crippen LogP contribution < -0.4 is 9.04 Å². The molecule has 0 amide bonds. The number of carboxylic acids is 1. The second-order valence-electron chi connectivity index (χ2n) is 9.63. The van der Waals surface area contributed by atoms with E-state index in [4.69, 9.17) is 9.84 Å². The van der Waals surface area contributed by atoms with Crippen LogP contribution in [0.4, 0.5) is 10.1 Å². The standard InChI is InChI=1S/C28H30FNO5S/c1-16(2)24-14-30(36(33,34)22-10-11-25(17(3)12-22)35-15-26(31)32)28-18(4)13-23(19(5)27(24)28)20-6-8-21(29)9-7-20/h6-13,16,24H,14-15H2,1-5H3,(H,31,32). The Morgan fingerprint density at radius 2 is 1.75 bits per heavy atom. The molecule has 8 heteroatoms. The van der Waals surface area contributed by atoms with Crippen molar-refractivity contribution in [1.29, 1.82) is 0 Å². The van der Waals surface area contributed by atoms with Crippen LogP contribution >= 0.6 is 0 Å². The maximum absolute atomic E-state index is 13.9. The van der Waals surface area contributed by atoms with Gasteiger partial charge in [-0.2, -0.15) is 0 Å². The molecular formula is C28H30FNO5S. The van der Waals surface area contributed by atoms with Crippen molar-refractivity contribution in [2.75, 3.05) is 17.5 Å². The lowest BCUT2D eigenvalue weighted by atomic mass is 9.83. The summed E-state index contributed by atoms with van der Waals surface area (Å²) in [5, 5.41) is 8.86. The average Bonchev–Trinajstić information content (AvgIpc) is 3.24. The number of ether oxygens (including phenoxy) is 1. The van der Waals surface area contributed by atoms with Crippen molar-refractivity contribution >= 4 is 21.7 Å². The second-order valence-corrected chi connectivity index (χ2v) is 11.5. The van der Waals surface area contributed by atoms with Crippen LogP contribution in [0.1, 0.15) is 42.0 Å². The average molecular weight is 512 g/mol. The Labute approximate surface area is 211 Å². The SMILES string of the molecule is Cc1cc(S(=O)(=O)N2CC(C(C)C)c3c(C)c(-c4ccc(F)cc4)cc(C)c32)ccc1OCC(=O)O. The molecule has 1 N–H and O–H groups in total. The number of benzene rings is 3. The molecule has 0 fully saturated rings. The number of aryl methyl sites for hydroxylation is 2. The Balaban J connectivity index is 1.81. The third kappa shape index (κ3) is 4.57. The maximum Gasteiger partial charge on any atom is 0.341 e. The molecule has 0 radical (unpaired) electrons. The number of sulfonamides is 1. The quantitative estimate of drug-likeness (QED) is 0.432. The Hall–Kier alpha value is -3.39. The van der Waals surface area contributed by atoms with Gasteiger partial charge in [-0.3, -0.25) is 4.31 Å². The molecule has 4 rings (SSSR count). The van der Waals surface area contributed by atoms with Crippen molar-refractivity contribution in [3.05, 3.63) is 76.6 Å². The minimum atomic E-state index is -3.90. The van der Waals surface area contributed by atoms with Crippen molar-refractivity contribution in [3.63, 3.8) is 0 Å². The number of carboxylic acid groups (broad SMARTS) is 1. The Morgan fingerprint density at radius 3 is 2.33 bits per heavy atom. The first-order valence-electron chi connectivity index (χ1n) is 11.8. The molecule has 1 aliphatic heterocycles. The summed E-state index contributed by atoms with van der Waals surface area (Å²) in [6.45, 7) is 9.59. The molecule has 0 spiro atoms. The topological polar surface area (TPSA) is 83.9 Å². The van der Waals surface area contributed by atoms with Crippen LogP contribution in [0.15, 0.2) is 53.4 Å². The number of anilines is 1. The van der Waals surface area contributed by atoms with Crippen LogP contribution in [0.25, 0.3) is 11.1 Å². The lowest BCUT2D eigenvalue weighted by molar-refractivity contribution is -0.139. The van der Waals surface area contributed by atoms with E-state index in [1.165, 1.54) is 34.6 Å². The first-order chi connectivity index (χ1) is 16.9. The molecule has 3 aromatic carbocycles. The molecule has 1 heterocycles. The van der Waals surface area contributed by atoms with E-state index in [9.17, 15) is 17.6 Å². The Morgan fingerprint density at radius 1 is 1.08 bits per heavy atom. The van der Waals surface area contributed by atoms with Crippen LogP contribution in [-0.2, 0) is 14.8 Å². The van der Waals surface area contributed by atoms with E-state index in [2.05, 4.69) is 13.8 Å². The van der Waals surface area contributed by atoms with E-state index in [0.29, 0.717) is 23.5 Å². The number of carbonyl (C=O) groups is 1. The van der Waals surface area contributed by atoms with Gasteiger partial charge in [0.2, 0.25) is 0 Å². The predicted octanol–water partition coefficient (Wildman–Crippen LogP) is 5.83. The number of hydrogen-bond acceptors (Lipinski definition) is 4. The number of rotatable bonds is 7. The summed E-state index contributed by atoms with van der Waals surface area (Å²) >= 11 is 0. The van der Waals surface area contributed by atoms with Gasteiger partial charge in [0, 0.05) is 12.5 Å². The Bertz CT molecular complexity index is 1430. The molecule has 0 saturated heterocycles. The second kappa shape index (κ2) is 9.58. The minimum absolute atomic E-state index is 0.00635. The van der Waals surface area contributed by atoms with Crippen molar-refractivity contribution in [1.82, 2.24) is 0 Å². The fourth-order valence-corrected chi connectivity index (χ4v) is 6.64. The molecule has 1 atom stereocenters. The van der Waals surface area contributed by atoms with Gasteiger partial charge in [-0.25, -0.2) is 17.6 Å². The lowest BCUT2D eigenvalue weighted by Crippen LogP contribution is -2.31. The van der Waals surface area contributed by atoms with Crippen LogP contribution in [0.3, 0.4) is 0 Å². The van der Waals surface area contributed by atoms with E-state index in [1.807, 2.05) is 19.9 Å². The van der Waals surface area contributed by atoms with Gasteiger partial charge in [0.05, 0.1) is 10.6 Å². The highest BCUT2D eigenvalue weighted by atomic mass is 32.2. The third-order valence-corrected chi connectivity index (χ3v) is 8.59. The molecular weight excluding hydrogens is 481 g/mol. The summed E-state index contributed by atoms with van der Waals surface area (Å²) < 4.78 is 48.1. The summed E-state index contributed by atoms with van der Waals surface area (Å²) in [7, 11) is -3.90. The van der Waals surface area contributed by atoms with Gasteiger partial charge in [0.25, 0.3) is 10.0 Å². The first kappa shape index (κ1) is 25.7. The van der Waals surface area contributed by atoms with Gasteiger partial charge in [-0.15, -0.1) is 0 Å². The summed E-state index contributed by atoms with van der Waals surface area (Å²) in [5.41, 5.74) is 5.92. The number of hydrogen-bond donors (Lipinski definition) is 1. The zero-order valence-corrected chi connectivity index (χ0v) is 21.8.